The molecule has 1 unspecified atom stereocenters. The SMILES string of the molecule is C[N+](C)(C)C(Cc1c[nH]c(S)n1)C(=O)[O-]. The minimum Gasteiger partial charge on any atom is -0.544 e. The Kier molecular flexibility index (Phi) is 3.41. The standard InChI is InChI=1S/C9H15N3O2S/c1-12(2,3)7(8(13)14)4-6-5-10-9(15)11-6/h5,7H,4H2,1-3H3,(H2-,10,11,13,14,15). The van der Waals surface area contributed by atoms with Crippen molar-refractivity contribution in [2.75, 3.05) is 21.1 Å². The lowest BCUT2D eigenvalue weighted by atomic mass is 10.1. The number of carboxylic acids is 1. The highest BCUT2D eigenvalue weighted by atomic mass is 32.1. The first-order valence-electron chi connectivity index (χ1n) is 4.56. The van der Waals surface area contributed by atoms with Crippen LogP contribution in [0.15, 0.2) is 11.4 Å². The molecule has 0 aliphatic heterocycles. The number of nitrogens with zero attached hydrogens (tertiary/aromatic N) is 2. The number of aromatic amines is 1. The molecule has 0 bridgehead atoms. The topological polar surface area (TPSA) is 68.8 Å². The van der Waals surface area contributed by atoms with Crippen molar-refractivity contribution in [2.45, 2.75) is 17.6 Å². The number of carboxylic acid groups (broad SMARTS) is 1. The lowest BCUT2D eigenvalue weighted by Crippen LogP contribution is -2.55. The van der Waals surface area contributed by atoms with Crippen molar-refractivity contribution in [2.24, 2.45) is 0 Å². The molecule has 6 heteroatoms. The second-order valence-corrected chi connectivity index (χ2v) is 4.79. The van der Waals surface area contributed by atoms with Crippen LogP contribution in [0, 0.1) is 0 Å². The van der Waals surface area contributed by atoms with Gasteiger partial charge in [-0.3, -0.25) is 0 Å². The number of rotatable bonds is 4. The van der Waals surface area contributed by atoms with Crippen molar-refractivity contribution < 1.29 is 14.4 Å². The second-order valence-electron chi connectivity index (χ2n) is 4.37. The number of thiol groups is 1. The van der Waals surface area contributed by atoms with Gasteiger partial charge in [0.2, 0.25) is 0 Å². The smallest absolute Gasteiger partial charge is 0.162 e. The number of H-pyrrole nitrogens is 1. The highest BCUT2D eigenvalue weighted by molar-refractivity contribution is 7.80. The quantitative estimate of drug-likeness (QED) is 0.517. The third-order valence-electron chi connectivity index (χ3n) is 2.23. The van der Waals surface area contributed by atoms with Gasteiger partial charge in [0.1, 0.15) is 6.04 Å². The van der Waals surface area contributed by atoms with E-state index >= 15 is 0 Å². The first-order chi connectivity index (χ1) is 6.80. The molecule has 0 fully saturated rings. The van der Waals surface area contributed by atoms with Crippen LogP contribution in [0.25, 0.3) is 0 Å². The third-order valence-corrected chi connectivity index (χ3v) is 2.46. The Morgan fingerprint density at radius 1 is 1.67 bits per heavy atom. The van der Waals surface area contributed by atoms with Crippen molar-refractivity contribution >= 4 is 18.6 Å². The Balaban J connectivity index is 2.81. The minimum atomic E-state index is -1.06. The molecule has 1 rings (SSSR count). The number of imidazole rings is 1. The molecule has 0 amide bonds. The summed E-state index contributed by atoms with van der Waals surface area (Å²) in [7, 11) is 5.44. The Hall–Kier alpha value is -1.01. The van der Waals surface area contributed by atoms with E-state index < -0.39 is 12.0 Å². The summed E-state index contributed by atoms with van der Waals surface area (Å²) in [5.41, 5.74) is 0.683. The number of nitrogens with one attached hydrogen (secondary N) is 1. The molecule has 1 heterocycles. The Morgan fingerprint density at radius 3 is 2.60 bits per heavy atom. The van der Waals surface area contributed by atoms with Gasteiger partial charge in [0.15, 0.2) is 5.16 Å². The normalized spacial score (nSPS) is 13.9. The van der Waals surface area contributed by atoms with Crippen LogP contribution >= 0.6 is 12.6 Å². The number of likely N-dealkylation sites (N-methyl/N-ethyl adjacent to an activating group) is 1. The summed E-state index contributed by atoms with van der Waals surface area (Å²) in [5, 5.41) is 11.5. The van der Waals surface area contributed by atoms with Gasteiger partial charge >= 0.3 is 0 Å². The van der Waals surface area contributed by atoms with Gasteiger partial charge in [-0.1, -0.05) is 0 Å². The summed E-state index contributed by atoms with van der Waals surface area (Å²) in [6.45, 7) is 0. The highest BCUT2D eigenvalue weighted by Crippen LogP contribution is 2.10. The van der Waals surface area contributed by atoms with Crippen LogP contribution in [0.4, 0.5) is 0 Å². The molecule has 0 aliphatic carbocycles. The van der Waals surface area contributed by atoms with E-state index in [0.29, 0.717) is 21.8 Å². The lowest BCUT2D eigenvalue weighted by molar-refractivity contribution is -0.889. The summed E-state index contributed by atoms with van der Waals surface area (Å²) in [6.07, 6.45) is 2.00. The van der Waals surface area contributed by atoms with Crippen LogP contribution in [0.1, 0.15) is 5.69 Å². The lowest BCUT2D eigenvalue weighted by Gasteiger charge is -2.34. The zero-order valence-corrected chi connectivity index (χ0v) is 9.91. The summed E-state index contributed by atoms with van der Waals surface area (Å²) in [5.74, 6) is -1.06. The number of carbonyl (C=O) groups is 1. The average molecular weight is 229 g/mol. The van der Waals surface area contributed by atoms with Gasteiger partial charge in [-0.15, -0.1) is 12.6 Å². The zero-order valence-electron chi connectivity index (χ0n) is 9.02. The van der Waals surface area contributed by atoms with Gasteiger partial charge in [-0.2, -0.15) is 0 Å². The second kappa shape index (κ2) is 4.24. The maximum Gasteiger partial charge on any atom is 0.162 e. The number of aliphatic carboxylic acids is 1. The van der Waals surface area contributed by atoms with Gasteiger partial charge in [0.25, 0.3) is 0 Å². The van der Waals surface area contributed by atoms with E-state index in [4.69, 9.17) is 0 Å². The van der Waals surface area contributed by atoms with Gasteiger partial charge in [0, 0.05) is 12.6 Å². The number of carbonyl (C=O) groups excluding carboxylic acids is 1. The first kappa shape index (κ1) is 12.1. The molecule has 0 aromatic carbocycles. The van der Waals surface area contributed by atoms with E-state index in [2.05, 4.69) is 22.6 Å². The molecule has 0 spiro atoms. The molecule has 1 aromatic heterocycles. The molecule has 84 valence electrons. The fourth-order valence-corrected chi connectivity index (χ4v) is 1.52. The van der Waals surface area contributed by atoms with Gasteiger partial charge < -0.3 is 19.4 Å². The van der Waals surface area contributed by atoms with Crippen molar-refractivity contribution in [3.05, 3.63) is 11.9 Å². The molecule has 5 nitrogen and oxygen atoms in total. The van der Waals surface area contributed by atoms with Gasteiger partial charge in [-0.25, -0.2) is 4.98 Å². The third kappa shape index (κ3) is 3.24. The average Bonchev–Trinajstić information content (AvgIpc) is 2.44. The molecule has 15 heavy (non-hydrogen) atoms. The van der Waals surface area contributed by atoms with Crippen molar-refractivity contribution in [1.82, 2.24) is 9.97 Å². The molecule has 0 saturated heterocycles. The molecule has 0 aliphatic rings. The maximum atomic E-state index is 11.0. The predicted molar refractivity (Wildman–Crippen MR) is 56.4 cm³/mol. The van der Waals surface area contributed by atoms with E-state index in [-0.39, 0.29) is 0 Å². The molecular formula is C9H15N3O2S. The monoisotopic (exact) mass is 229 g/mol. The zero-order chi connectivity index (χ0) is 11.6. The van der Waals surface area contributed by atoms with E-state index in [0.717, 1.165) is 0 Å². The minimum absolute atomic E-state index is 0.303. The number of hydrogen-bond donors (Lipinski definition) is 2. The van der Waals surface area contributed by atoms with E-state index in [1.54, 1.807) is 6.20 Å². The van der Waals surface area contributed by atoms with Crippen molar-refractivity contribution in [3.63, 3.8) is 0 Å². The van der Waals surface area contributed by atoms with E-state index in [1.165, 1.54) is 0 Å². The number of hydrogen-bond acceptors (Lipinski definition) is 4. The summed E-state index contributed by atoms with van der Waals surface area (Å²) in [6, 6.07) is -0.610. The largest absolute Gasteiger partial charge is 0.544 e. The van der Waals surface area contributed by atoms with Gasteiger partial charge in [0.05, 0.1) is 32.8 Å². The van der Waals surface area contributed by atoms with Crippen molar-refractivity contribution in [3.8, 4) is 0 Å². The van der Waals surface area contributed by atoms with E-state index in [9.17, 15) is 9.90 Å². The van der Waals surface area contributed by atoms with Crippen molar-refractivity contribution in [1.29, 1.82) is 0 Å². The van der Waals surface area contributed by atoms with E-state index in [1.807, 2.05) is 21.1 Å². The molecule has 1 N–H and O–H groups in total. The fourth-order valence-electron chi connectivity index (χ4n) is 1.32. The summed E-state index contributed by atoms with van der Waals surface area (Å²) in [4.78, 5) is 17.8. The fraction of sp³-hybridized carbons (Fsp3) is 0.556. The number of aromatic nitrogens is 2. The molecular weight excluding hydrogens is 214 g/mol. The predicted octanol–water partition coefficient (Wildman–Crippen LogP) is -0.934. The van der Waals surface area contributed by atoms with Crippen LogP contribution in [-0.4, -0.2) is 47.6 Å². The van der Waals surface area contributed by atoms with Crippen LogP contribution in [0.2, 0.25) is 0 Å². The summed E-state index contributed by atoms with van der Waals surface area (Å²) >= 11 is 4.02. The molecule has 1 aromatic rings. The molecule has 1 atom stereocenters. The highest BCUT2D eigenvalue weighted by Gasteiger charge is 2.26. The Bertz CT molecular complexity index is 356. The van der Waals surface area contributed by atoms with Gasteiger partial charge in [-0.05, 0) is 0 Å². The first-order valence-corrected chi connectivity index (χ1v) is 5.00. The molecule has 0 saturated carbocycles. The van der Waals surface area contributed by atoms with Crippen LogP contribution in [0.5, 0.6) is 0 Å². The number of quaternary nitrogens is 1. The maximum absolute atomic E-state index is 11.0. The van der Waals surface area contributed by atoms with Crippen LogP contribution in [-0.2, 0) is 11.2 Å². The molecule has 0 radical (unpaired) electrons. The van der Waals surface area contributed by atoms with Crippen LogP contribution in [0.3, 0.4) is 0 Å². The Morgan fingerprint density at radius 2 is 2.27 bits per heavy atom. The summed E-state index contributed by atoms with van der Waals surface area (Å²) < 4.78 is 0.303. The Labute approximate surface area is 94.1 Å². The van der Waals surface area contributed by atoms with Crippen LogP contribution < -0.4 is 5.11 Å².